The number of likely N-dealkylation sites (tertiary alicyclic amines) is 1. The highest BCUT2D eigenvalue weighted by Crippen LogP contribution is 2.38. The van der Waals surface area contributed by atoms with E-state index in [4.69, 9.17) is 9.47 Å². The number of rotatable bonds is 7. The Hall–Kier alpha value is -4.37. The molecule has 9 nitrogen and oxygen atoms in total. The second-order valence-corrected chi connectivity index (χ2v) is 9.21. The number of methoxy groups -OCH3 is 1. The van der Waals surface area contributed by atoms with Crippen LogP contribution in [0.2, 0.25) is 0 Å². The molecule has 0 spiro atoms. The molecule has 0 aliphatic carbocycles. The molecule has 1 aliphatic rings. The van der Waals surface area contributed by atoms with Crippen molar-refractivity contribution in [3.63, 3.8) is 0 Å². The molecule has 12 heteroatoms. The maximum atomic E-state index is 13.7. The van der Waals surface area contributed by atoms with Gasteiger partial charge < -0.3 is 25.0 Å². The average Bonchev–Trinajstić information content (AvgIpc) is 2.90. The molecule has 0 unspecified atom stereocenters. The van der Waals surface area contributed by atoms with E-state index in [0.717, 1.165) is 31.5 Å². The number of nitrogens with zero attached hydrogens (tertiary/aromatic N) is 4. The van der Waals surface area contributed by atoms with Gasteiger partial charge in [0.25, 0.3) is 5.91 Å². The number of carbonyl (C=O) groups excluding carboxylic acids is 1. The van der Waals surface area contributed by atoms with Crippen LogP contribution in [0, 0.1) is 18.3 Å². The summed E-state index contributed by atoms with van der Waals surface area (Å²) in [7, 11) is 3.44. The van der Waals surface area contributed by atoms with Crippen LogP contribution in [0.15, 0.2) is 42.6 Å². The molecular formula is C27H27F3N6O3. The molecule has 3 aromatic rings. The van der Waals surface area contributed by atoms with Gasteiger partial charge in [-0.2, -0.15) is 23.4 Å². The summed E-state index contributed by atoms with van der Waals surface area (Å²) in [6, 6.07) is 11.2. The fraction of sp³-hybridized carbons (Fsp3) is 0.333. The lowest BCUT2D eigenvalue weighted by molar-refractivity contribution is -0.139. The summed E-state index contributed by atoms with van der Waals surface area (Å²) in [4.78, 5) is 22.7. The number of ether oxygens (including phenoxy) is 2. The quantitative estimate of drug-likeness (QED) is 0.429. The molecule has 2 heterocycles. The zero-order chi connectivity index (χ0) is 28.2. The van der Waals surface area contributed by atoms with Gasteiger partial charge in [0.15, 0.2) is 0 Å². The Morgan fingerprint density at radius 3 is 2.56 bits per heavy atom. The zero-order valence-electron chi connectivity index (χ0n) is 21.6. The number of nitrogens with one attached hydrogen (secondary N) is 2. The highest BCUT2D eigenvalue weighted by molar-refractivity contribution is 5.95. The van der Waals surface area contributed by atoms with Gasteiger partial charge in [-0.1, -0.05) is 6.07 Å². The third kappa shape index (κ3) is 6.74. The van der Waals surface area contributed by atoms with Crippen molar-refractivity contribution >= 4 is 17.5 Å². The topological polar surface area (TPSA) is 112 Å². The van der Waals surface area contributed by atoms with Crippen molar-refractivity contribution in [2.24, 2.45) is 0 Å². The Morgan fingerprint density at radius 1 is 1.15 bits per heavy atom. The average molecular weight is 541 g/mol. The monoisotopic (exact) mass is 540 g/mol. The smallest absolute Gasteiger partial charge is 0.423 e. The van der Waals surface area contributed by atoms with Crippen LogP contribution in [0.5, 0.6) is 17.4 Å². The lowest BCUT2D eigenvalue weighted by Gasteiger charge is -2.29. The molecule has 0 radical (unpaired) electrons. The van der Waals surface area contributed by atoms with Crippen molar-refractivity contribution in [3.05, 3.63) is 64.8 Å². The third-order valence-corrected chi connectivity index (χ3v) is 6.29. The largest absolute Gasteiger partial charge is 0.495 e. The molecule has 1 saturated heterocycles. The Bertz CT molecular complexity index is 1400. The molecule has 0 bridgehead atoms. The SMILES string of the molecule is COc1cc(C(=O)NC2CCN(C)CC2)ccc1Nc1ncc(C(F)(F)F)c(Oc2ccc(C)cc2C#N)n1. The molecule has 1 fully saturated rings. The number of hydrogen-bond donors (Lipinski definition) is 2. The number of benzene rings is 2. The van der Waals surface area contributed by atoms with E-state index in [9.17, 15) is 23.2 Å². The van der Waals surface area contributed by atoms with E-state index in [1.54, 1.807) is 25.1 Å². The summed E-state index contributed by atoms with van der Waals surface area (Å²) in [5.74, 6) is -1.03. The standard InChI is InChI=1S/C27H27F3N6O3/c1-16-4-7-22(18(12-16)14-31)39-25-20(27(28,29)30)15-32-26(35-25)34-21-6-5-17(13-23(21)38-3)24(37)33-19-8-10-36(2)11-9-19/h4-7,12-13,15,19H,8-11H2,1-3H3,(H,33,37)(H,32,34,35). The van der Waals surface area contributed by atoms with E-state index in [-0.39, 0.29) is 35.0 Å². The molecule has 0 atom stereocenters. The van der Waals surface area contributed by atoms with Gasteiger partial charge in [-0.15, -0.1) is 0 Å². The minimum absolute atomic E-state index is 0.0621. The summed E-state index contributed by atoms with van der Waals surface area (Å²) >= 11 is 0. The molecule has 39 heavy (non-hydrogen) atoms. The van der Waals surface area contributed by atoms with Gasteiger partial charge in [-0.3, -0.25) is 4.79 Å². The molecule has 4 rings (SSSR count). The first kappa shape index (κ1) is 27.7. The number of carbonyl (C=O) groups is 1. The Balaban J connectivity index is 1.58. The van der Waals surface area contributed by atoms with Crippen LogP contribution in [0.25, 0.3) is 0 Å². The second kappa shape index (κ2) is 11.6. The van der Waals surface area contributed by atoms with E-state index in [1.165, 1.54) is 25.3 Å². The summed E-state index contributed by atoms with van der Waals surface area (Å²) in [6.07, 6.45) is -2.49. The van der Waals surface area contributed by atoms with Crippen molar-refractivity contribution in [3.8, 4) is 23.4 Å². The number of hydrogen-bond acceptors (Lipinski definition) is 8. The fourth-order valence-corrected chi connectivity index (χ4v) is 4.10. The third-order valence-electron chi connectivity index (χ3n) is 6.29. The van der Waals surface area contributed by atoms with Crippen LogP contribution in [-0.2, 0) is 6.18 Å². The first-order valence-corrected chi connectivity index (χ1v) is 12.1. The lowest BCUT2D eigenvalue weighted by Crippen LogP contribution is -2.43. The van der Waals surface area contributed by atoms with Gasteiger partial charge >= 0.3 is 6.18 Å². The van der Waals surface area contributed by atoms with Crippen LogP contribution in [-0.4, -0.2) is 54.1 Å². The van der Waals surface area contributed by atoms with Crippen LogP contribution in [0.3, 0.4) is 0 Å². The Labute approximate surface area is 223 Å². The van der Waals surface area contributed by atoms with E-state index in [1.807, 2.05) is 13.1 Å². The number of alkyl halides is 3. The molecule has 1 amide bonds. The number of aromatic nitrogens is 2. The van der Waals surface area contributed by atoms with Crippen molar-refractivity contribution in [2.75, 3.05) is 32.6 Å². The first-order chi connectivity index (χ1) is 18.6. The molecular weight excluding hydrogens is 513 g/mol. The highest BCUT2D eigenvalue weighted by atomic mass is 19.4. The van der Waals surface area contributed by atoms with Crippen molar-refractivity contribution in [1.29, 1.82) is 5.26 Å². The number of halogens is 3. The summed E-state index contributed by atoms with van der Waals surface area (Å²) in [6.45, 7) is 3.55. The predicted octanol–water partition coefficient (Wildman–Crippen LogP) is 5.04. The normalized spacial score (nSPS) is 14.4. The molecule has 2 N–H and O–H groups in total. The van der Waals surface area contributed by atoms with E-state index in [0.29, 0.717) is 17.4 Å². The van der Waals surface area contributed by atoms with Gasteiger partial charge in [-0.05, 0) is 75.8 Å². The van der Waals surface area contributed by atoms with Crippen molar-refractivity contribution in [2.45, 2.75) is 32.0 Å². The van der Waals surface area contributed by atoms with Gasteiger partial charge in [0.1, 0.15) is 23.1 Å². The minimum Gasteiger partial charge on any atom is -0.495 e. The summed E-state index contributed by atoms with van der Waals surface area (Å²) in [5.41, 5.74) is 0.303. The number of piperidine rings is 1. The Kier molecular flexibility index (Phi) is 8.21. The minimum atomic E-state index is -4.80. The van der Waals surface area contributed by atoms with Crippen LogP contribution >= 0.6 is 0 Å². The zero-order valence-corrected chi connectivity index (χ0v) is 21.6. The number of nitriles is 1. The van der Waals surface area contributed by atoms with Gasteiger partial charge in [0.05, 0.1) is 18.4 Å². The number of aryl methyl sites for hydroxylation is 1. The molecule has 1 aliphatic heterocycles. The summed E-state index contributed by atoms with van der Waals surface area (Å²) in [5, 5.41) is 15.2. The van der Waals surface area contributed by atoms with Crippen LogP contribution in [0.4, 0.5) is 24.8 Å². The van der Waals surface area contributed by atoms with Gasteiger partial charge in [0.2, 0.25) is 11.8 Å². The fourth-order valence-electron chi connectivity index (χ4n) is 4.10. The van der Waals surface area contributed by atoms with Crippen LogP contribution in [0.1, 0.15) is 39.9 Å². The summed E-state index contributed by atoms with van der Waals surface area (Å²) < 4.78 is 51.9. The first-order valence-electron chi connectivity index (χ1n) is 12.1. The lowest BCUT2D eigenvalue weighted by atomic mass is 10.0. The van der Waals surface area contributed by atoms with Crippen LogP contribution < -0.4 is 20.1 Å². The Morgan fingerprint density at radius 2 is 1.90 bits per heavy atom. The van der Waals surface area contributed by atoms with Gasteiger partial charge in [0, 0.05) is 17.8 Å². The van der Waals surface area contributed by atoms with Crippen molar-refractivity contribution in [1.82, 2.24) is 20.2 Å². The maximum absolute atomic E-state index is 13.7. The van der Waals surface area contributed by atoms with E-state index >= 15 is 0 Å². The second-order valence-electron chi connectivity index (χ2n) is 9.21. The predicted molar refractivity (Wildman–Crippen MR) is 137 cm³/mol. The van der Waals surface area contributed by atoms with Crippen molar-refractivity contribution < 1.29 is 27.4 Å². The highest BCUT2D eigenvalue weighted by Gasteiger charge is 2.37. The molecule has 1 aromatic heterocycles. The van der Waals surface area contributed by atoms with Gasteiger partial charge in [-0.25, -0.2) is 4.98 Å². The maximum Gasteiger partial charge on any atom is 0.423 e. The molecule has 2 aromatic carbocycles. The number of amides is 1. The van der Waals surface area contributed by atoms with E-state index in [2.05, 4.69) is 25.5 Å². The molecule has 204 valence electrons. The van der Waals surface area contributed by atoms with E-state index < -0.39 is 17.6 Å². The number of anilines is 2. The molecule has 0 saturated carbocycles.